The molecule has 1 fully saturated rings. The fourth-order valence-corrected chi connectivity index (χ4v) is 4.30. The van der Waals surface area contributed by atoms with Crippen molar-refractivity contribution in [2.45, 2.75) is 45.7 Å². The van der Waals surface area contributed by atoms with Crippen LogP contribution in [-0.4, -0.2) is 39.8 Å². The molecule has 0 bridgehead atoms. The van der Waals surface area contributed by atoms with Gasteiger partial charge in [-0.1, -0.05) is 11.3 Å². The molecule has 2 N–H and O–H groups in total. The van der Waals surface area contributed by atoms with Crippen LogP contribution in [0, 0.1) is 12.8 Å². The summed E-state index contributed by atoms with van der Waals surface area (Å²) in [6, 6.07) is 1.93. The lowest BCUT2D eigenvalue weighted by molar-refractivity contribution is 0.0669. The van der Waals surface area contributed by atoms with Crippen molar-refractivity contribution >= 4 is 22.4 Å². The number of anilines is 1. The van der Waals surface area contributed by atoms with Gasteiger partial charge in [-0.05, 0) is 44.2 Å². The van der Waals surface area contributed by atoms with Gasteiger partial charge in [0.15, 0.2) is 11.7 Å². The number of carbonyl (C=O) groups excluding carboxylic acids is 1. The van der Waals surface area contributed by atoms with E-state index in [2.05, 4.69) is 9.97 Å². The number of alkyl halides is 2. The summed E-state index contributed by atoms with van der Waals surface area (Å²) < 4.78 is 30.7. The molecule has 4 rings (SSSR count). The second kappa shape index (κ2) is 6.70. The number of amides is 1. The maximum atomic E-state index is 12.9. The van der Waals surface area contributed by atoms with Crippen molar-refractivity contribution in [1.82, 2.24) is 14.9 Å². The van der Waals surface area contributed by atoms with E-state index in [1.54, 1.807) is 4.90 Å². The SMILES string of the molecule is Cc1nc(N)sc1-c1cc2c(c(OCC(F)F)n1)C(=O)N([C@@H](C)C1CC1)C2. The Morgan fingerprint density at radius 1 is 1.41 bits per heavy atom. The van der Waals surface area contributed by atoms with E-state index in [0.717, 1.165) is 23.3 Å². The summed E-state index contributed by atoms with van der Waals surface area (Å²) in [6.45, 7) is 3.46. The van der Waals surface area contributed by atoms with Crippen LogP contribution in [0.3, 0.4) is 0 Å². The van der Waals surface area contributed by atoms with Crippen molar-refractivity contribution in [3.63, 3.8) is 0 Å². The van der Waals surface area contributed by atoms with Crippen molar-refractivity contribution in [3.05, 3.63) is 22.9 Å². The van der Waals surface area contributed by atoms with Gasteiger partial charge in [0.1, 0.15) is 5.56 Å². The van der Waals surface area contributed by atoms with Crippen LogP contribution in [0.25, 0.3) is 10.6 Å². The van der Waals surface area contributed by atoms with Gasteiger partial charge >= 0.3 is 0 Å². The zero-order chi connectivity index (χ0) is 19.3. The molecule has 2 aromatic heterocycles. The largest absolute Gasteiger partial charge is 0.471 e. The minimum Gasteiger partial charge on any atom is -0.471 e. The second-order valence-electron chi connectivity index (χ2n) is 7.03. The predicted molar refractivity (Wildman–Crippen MR) is 98.1 cm³/mol. The number of nitrogens with two attached hydrogens (primary N) is 1. The number of hydrogen-bond donors (Lipinski definition) is 1. The molecule has 2 aliphatic rings. The number of fused-ring (bicyclic) bond motifs is 1. The van der Waals surface area contributed by atoms with Gasteiger partial charge in [-0.3, -0.25) is 4.79 Å². The zero-order valence-electron chi connectivity index (χ0n) is 15.0. The molecule has 0 spiro atoms. The van der Waals surface area contributed by atoms with Gasteiger partial charge in [-0.25, -0.2) is 18.7 Å². The number of rotatable bonds is 6. The van der Waals surface area contributed by atoms with Gasteiger partial charge in [-0.2, -0.15) is 0 Å². The molecule has 6 nitrogen and oxygen atoms in total. The van der Waals surface area contributed by atoms with Crippen molar-refractivity contribution in [3.8, 4) is 16.5 Å². The van der Waals surface area contributed by atoms with Crippen LogP contribution < -0.4 is 10.5 Å². The molecule has 3 heterocycles. The zero-order valence-corrected chi connectivity index (χ0v) is 15.9. The summed E-state index contributed by atoms with van der Waals surface area (Å²) >= 11 is 1.27. The van der Waals surface area contributed by atoms with E-state index >= 15 is 0 Å². The lowest BCUT2D eigenvalue weighted by Gasteiger charge is -2.23. The number of halogens is 2. The monoisotopic (exact) mass is 394 g/mol. The van der Waals surface area contributed by atoms with E-state index in [9.17, 15) is 13.6 Å². The molecule has 1 aliphatic carbocycles. The summed E-state index contributed by atoms with van der Waals surface area (Å²) in [5.74, 6) is 0.266. The maximum Gasteiger partial charge on any atom is 0.272 e. The van der Waals surface area contributed by atoms with E-state index in [4.69, 9.17) is 10.5 Å². The van der Waals surface area contributed by atoms with Crippen LogP contribution in [-0.2, 0) is 6.54 Å². The number of nitrogens with zero attached hydrogens (tertiary/aromatic N) is 3. The van der Waals surface area contributed by atoms with Gasteiger partial charge in [0, 0.05) is 12.6 Å². The highest BCUT2D eigenvalue weighted by molar-refractivity contribution is 7.18. The molecule has 1 atom stereocenters. The first-order chi connectivity index (χ1) is 12.8. The molecule has 1 saturated carbocycles. The van der Waals surface area contributed by atoms with E-state index in [1.165, 1.54) is 11.3 Å². The number of pyridine rings is 1. The number of thiazole rings is 1. The Bertz CT molecular complexity index is 898. The normalized spacial score (nSPS) is 17.5. The van der Waals surface area contributed by atoms with E-state index in [-0.39, 0.29) is 17.8 Å². The van der Waals surface area contributed by atoms with E-state index in [1.807, 2.05) is 19.9 Å². The van der Waals surface area contributed by atoms with Crippen LogP contribution in [0.15, 0.2) is 6.07 Å². The summed E-state index contributed by atoms with van der Waals surface area (Å²) in [5, 5.41) is 0.403. The number of ether oxygens (including phenoxy) is 1. The number of carbonyl (C=O) groups is 1. The van der Waals surface area contributed by atoms with Gasteiger partial charge in [0.2, 0.25) is 5.88 Å². The Balaban J connectivity index is 1.75. The van der Waals surface area contributed by atoms with Gasteiger partial charge < -0.3 is 15.4 Å². The molecular weight excluding hydrogens is 374 g/mol. The molecular formula is C18H20F2N4O2S. The molecule has 0 unspecified atom stereocenters. The maximum absolute atomic E-state index is 12.9. The first kappa shape index (κ1) is 18.1. The predicted octanol–water partition coefficient (Wildman–Crippen LogP) is 3.49. The average molecular weight is 394 g/mol. The van der Waals surface area contributed by atoms with Crippen LogP contribution in [0.2, 0.25) is 0 Å². The standard InChI is InChI=1S/C18H20F2N4O2S/c1-8-15(27-18(21)22-8)12-5-11-6-24(9(2)10-3-4-10)17(25)14(11)16(23-12)26-7-13(19)20/h5,9-10,13H,3-4,6-7H2,1-2H3,(H2,21,22)/t9-/m0/s1. The number of nitrogen functional groups attached to an aromatic ring is 1. The van der Waals surface area contributed by atoms with E-state index in [0.29, 0.717) is 34.5 Å². The number of hydrogen-bond acceptors (Lipinski definition) is 6. The smallest absolute Gasteiger partial charge is 0.272 e. The second-order valence-corrected chi connectivity index (χ2v) is 8.06. The minimum absolute atomic E-state index is 0.0373. The highest BCUT2D eigenvalue weighted by Gasteiger charge is 2.40. The Kier molecular flexibility index (Phi) is 4.49. The molecule has 0 aromatic carbocycles. The average Bonchev–Trinajstić information content (AvgIpc) is 3.33. The Morgan fingerprint density at radius 3 is 2.74 bits per heavy atom. The van der Waals surface area contributed by atoms with Crippen LogP contribution in [0.1, 0.15) is 41.4 Å². The molecule has 9 heteroatoms. The quantitative estimate of drug-likeness (QED) is 0.811. The summed E-state index contributed by atoms with van der Waals surface area (Å²) in [7, 11) is 0. The van der Waals surface area contributed by atoms with Crippen molar-refractivity contribution in [2.24, 2.45) is 5.92 Å². The molecule has 144 valence electrons. The molecule has 27 heavy (non-hydrogen) atoms. The van der Waals surface area contributed by atoms with Gasteiger partial charge in [0.25, 0.3) is 12.3 Å². The third kappa shape index (κ3) is 3.36. The number of aromatic nitrogens is 2. The summed E-state index contributed by atoms with van der Waals surface area (Å²) in [5.41, 5.74) is 8.06. The van der Waals surface area contributed by atoms with Crippen LogP contribution in [0.4, 0.5) is 13.9 Å². The third-order valence-corrected chi connectivity index (χ3v) is 6.08. The lowest BCUT2D eigenvalue weighted by Crippen LogP contribution is -2.34. The van der Waals surface area contributed by atoms with Gasteiger partial charge in [-0.15, -0.1) is 0 Å². The molecule has 1 amide bonds. The number of aryl methyl sites for hydroxylation is 1. The molecule has 0 saturated heterocycles. The highest BCUT2D eigenvalue weighted by atomic mass is 32.1. The molecule has 1 aliphatic heterocycles. The van der Waals surface area contributed by atoms with Crippen molar-refractivity contribution < 1.29 is 18.3 Å². The Labute approximate surface area is 159 Å². The highest BCUT2D eigenvalue weighted by Crippen LogP contribution is 2.41. The topological polar surface area (TPSA) is 81.3 Å². The Hall–Kier alpha value is -2.29. The summed E-state index contributed by atoms with van der Waals surface area (Å²) in [4.78, 5) is 24.1. The Morgan fingerprint density at radius 2 is 2.15 bits per heavy atom. The van der Waals surface area contributed by atoms with Crippen LogP contribution in [0.5, 0.6) is 5.88 Å². The first-order valence-corrected chi connectivity index (χ1v) is 9.66. The van der Waals surface area contributed by atoms with E-state index < -0.39 is 13.0 Å². The van der Waals surface area contributed by atoms with Crippen LogP contribution >= 0.6 is 11.3 Å². The lowest BCUT2D eigenvalue weighted by atomic mass is 10.1. The fourth-order valence-electron chi connectivity index (χ4n) is 3.50. The minimum atomic E-state index is -2.65. The first-order valence-electron chi connectivity index (χ1n) is 8.84. The molecule has 2 aromatic rings. The molecule has 0 radical (unpaired) electrons. The van der Waals surface area contributed by atoms with Crippen molar-refractivity contribution in [1.29, 1.82) is 0 Å². The third-order valence-electron chi connectivity index (χ3n) is 5.07. The van der Waals surface area contributed by atoms with Gasteiger partial charge in [0.05, 0.1) is 16.3 Å². The summed E-state index contributed by atoms with van der Waals surface area (Å²) in [6.07, 6.45) is -0.428. The fraction of sp³-hybridized carbons (Fsp3) is 0.500. The van der Waals surface area contributed by atoms with Crippen molar-refractivity contribution in [2.75, 3.05) is 12.3 Å².